The second-order valence-corrected chi connectivity index (χ2v) is 9.68. The molecule has 1 saturated heterocycles. The van der Waals surface area contributed by atoms with Crippen LogP contribution in [0.4, 0.5) is 5.13 Å². The van der Waals surface area contributed by atoms with E-state index in [0.29, 0.717) is 6.42 Å². The topological polar surface area (TPSA) is 81.5 Å². The minimum atomic E-state index is 0.0481. The molecule has 1 amide bonds. The molecule has 35 heavy (non-hydrogen) atoms. The number of aryl methyl sites for hydroxylation is 1. The van der Waals surface area contributed by atoms with Gasteiger partial charge in [-0.05, 0) is 61.7 Å². The monoisotopic (exact) mass is 491 g/mol. The summed E-state index contributed by atoms with van der Waals surface area (Å²) in [5.41, 5.74) is 3.76. The van der Waals surface area contributed by atoms with Gasteiger partial charge in [-0.2, -0.15) is 10.1 Å². The molecule has 0 radical (unpaired) electrons. The van der Waals surface area contributed by atoms with E-state index in [1.807, 2.05) is 60.1 Å². The summed E-state index contributed by atoms with van der Waals surface area (Å²) in [6, 6.07) is 15.7. The van der Waals surface area contributed by atoms with E-state index in [2.05, 4.69) is 10.2 Å². The van der Waals surface area contributed by atoms with Gasteiger partial charge in [0.25, 0.3) is 0 Å². The molecule has 3 heterocycles. The maximum Gasteiger partial charge on any atom is 0.224 e. The quantitative estimate of drug-likeness (QED) is 0.419. The number of carbonyl (C=O) groups excluding carboxylic acids is 1. The molecule has 4 aromatic rings. The molecule has 0 aliphatic carbocycles. The van der Waals surface area contributed by atoms with E-state index < -0.39 is 0 Å². The van der Waals surface area contributed by atoms with Gasteiger partial charge in [0.15, 0.2) is 10.8 Å². The van der Waals surface area contributed by atoms with Crippen molar-refractivity contribution in [3.05, 3.63) is 59.8 Å². The molecule has 1 aliphatic heterocycles. The van der Waals surface area contributed by atoms with Crippen molar-refractivity contribution in [2.45, 2.75) is 32.2 Å². The van der Waals surface area contributed by atoms with Gasteiger partial charge in [-0.25, -0.2) is 4.68 Å². The van der Waals surface area contributed by atoms with Crippen LogP contribution in [0, 0.1) is 6.92 Å². The van der Waals surface area contributed by atoms with Crippen LogP contribution in [-0.2, 0) is 11.2 Å². The Hall–Kier alpha value is -3.59. The van der Waals surface area contributed by atoms with E-state index in [-0.39, 0.29) is 11.9 Å². The average molecular weight is 492 g/mol. The lowest BCUT2D eigenvalue weighted by Gasteiger charge is -2.32. The van der Waals surface area contributed by atoms with Gasteiger partial charge in [-0.1, -0.05) is 23.5 Å². The number of hydrogen-bond donors (Lipinski definition) is 1. The van der Waals surface area contributed by atoms with Crippen molar-refractivity contribution in [3.63, 3.8) is 0 Å². The number of piperidine rings is 1. The lowest BCUT2D eigenvalue weighted by atomic mass is 10.0. The summed E-state index contributed by atoms with van der Waals surface area (Å²) in [5, 5.41) is 8.90. The molecule has 0 bridgehead atoms. The van der Waals surface area contributed by atoms with Crippen molar-refractivity contribution in [3.8, 4) is 17.2 Å². The zero-order valence-corrected chi connectivity index (χ0v) is 21.0. The number of aromatic nitrogens is 3. The Kier molecular flexibility index (Phi) is 6.59. The molecule has 0 atom stereocenters. The minimum absolute atomic E-state index is 0.0481. The van der Waals surface area contributed by atoms with Crippen molar-refractivity contribution in [2.24, 2.45) is 0 Å². The Balaban J connectivity index is 1.22. The van der Waals surface area contributed by atoms with E-state index in [1.54, 1.807) is 25.6 Å². The third-order valence-corrected chi connectivity index (χ3v) is 7.54. The molecular formula is C26H29N5O3S. The van der Waals surface area contributed by atoms with Gasteiger partial charge in [-0.3, -0.25) is 4.79 Å². The zero-order valence-electron chi connectivity index (χ0n) is 20.2. The van der Waals surface area contributed by atoms with Crippen LogP contribution < -0.4 is 19.7 Å². The Morgan fingerprint density at radius 1 is 1.09 bits per heavy atom. The van der Waals surface area contributed by atoms with Gasteiger partial charge in [0.1, 0.15) is 11.5 Å². The van der Waals surface area contributed by atoms with Crippen LogP contribution in [0.5, 0.6) is 11.5 Å². The van der Waals surface area contributed by atoms with Gasteiger partial charge in [0, 0.05) is 19.1 Å². The first-order valence-electron chi connectivity index (χ1n) is 11.7. The first-order valence-corrected chi connectivity index (χ1v) is 12.5. The summed E-state index contributed by atoms with van der Waals surface area (Å²) in [6.45, 7) is 3.73. The van der Waals surface area contributed by atoms with Crippen molar-refractivity contribution in [1.82, 2.24) is 20.1 Å². The zero-order chi connectivity index (χ0) is 24.4. The molecule has 8 nitrogen and oxygen atoms in total. The average Bonchev–Trinajstić information content (AvgIpc) is 3.45. The lowest BCUT2D eigenvalue weighted by Crippen LogP contribution is -2.45. The normalized spacial score (nSPS) is 14.3. The lowest BCUT2D eigenvalue weighted by molar-refractivity contribution is -0.121. The number of nitrogens with zero attached hydrogens (tertiary/aromatic N) is 4. The predicted molar refractivity (Wildman–Crippen MR) is 138 cm³/mol. The molecule has 1 N–H and O–H groups in total. The molecule has 0 saturated carbocycles. The summed E-state index contributed by atoms with van der Waals surface area (Å²) in [5.74, 6) is 1.63. The van der Waals surface area contributed by atoms with Gasteiger partial charge >= 0.3 is 0 Å². The van der Waals surface area contributed by atoms with E-state index in [1.165, 1.54) is 0 Å². The first kappa shape index (κ1) is 23.2. The molecule has 2 aromatic carbocycles. The van der Waals surface area contributed by atoms with Gasteiger partial charge in [0.05, 0.1) is 36.7 Å². The van der Waals surface area contributed by atoms with Crippen LogP contribution in [0.3, 0.4) is 0 Å². The van der Waals surface area contributed by atoms with Gasteiger partial charge in [-0.15, -0.1) is 0 Å². The molecule has 1 fully saturated rings. The summed E-state index contributed by atoms with van der Waals surface area (Å²) in [7, 11) is 3.29. The number of benzene rings is 2. The highest BCUT2D eigenvalue weighted by Gasteiger charge is 2.24. The highest BCUT2D eigenvalue weighted by molar-refractivity contribution is 7.22. The number of anilines is 1. The Morgan fingerprint density at radius 2 is 1.83 bits per heavy atom. The van der Waals surface area contributed by atoms with E-state index >= 15 is 0 Å². The Labute approximate surface area is 208 Å². The number of carbonyl (C=O) groups is 1. The van der Waals surface area contributed by atoms with Crippen molar-refractivity contribution < 1.29 is 14.3 Å². The predicted octanol–water partition coefficient (Wildman–Crippen LogP) is 4.14. The standard InChI is InChI=1S/C26H29N5O3S/c1-17-24-25(31(29-17)20-7-9-21(33-2)10-8-20)28-26(35-24)30-13-11-19(12-14-30)27-23(32)16-18-5-4-6-22(15-18)34-3/h4-10,15,19H,11-14,16H2,1-3H3,(H,27,32). The van der Waals surface area contributed by atoms with Crippen molar-refractivity contribution in [2.75, 3.05) is 32.2 Å². The van der Waals surface area contributed by atoms with Gasteiger partial charge in [0.2, 0.25) is 5.91 Å². The molecule has 5 rings (SSSR count). The van der Waals surface area contributed by atoms with Gasteiger partial charge < -0.3 is 19.7 Å². The number of hydrogen-bond acceptors (Lipinski definition) is 7. The summed E-state index contributed by atoms with van der Waals surface area (Å²) in [4.78, 5) is 19.8. The van der Waals surface area contributed by atoms with Crippen LogP contribution in [-0.4, -0.2) is 54.0 Å². The number of thiazole rings is 1. The molecular weight excluding hydrogens is 462 g/mol. The summed E-state index contributed by atoms with van der Waals surface area (Å²) >= 11 is 1.68. The smallest absolute Gasteiger partial charge is 0.224 e. The molecule has 0 spiro atoms. The number of methoxy groups -OCH3 is 2. The second-order valence-electron chi connectivity index (χ2n) is 8.70. The Bertz CT molecular complexity index is 1320. The van der Waals surface area contributed by atoms with E-state index in [4.69, 9.17) is 19.6 Å². The van der Waals surface area contributed by atoms with E-state index in [0.717, 1.165) is 69.9 Å². The molecule has 2 aromatic heterocycles. The van der Waals surface area contributed by atoms with Crippen LogP contribution in [0.2, 0.25) is 0 Å². The third-order valence-electron chi connectivity index (χ3n) is 6.32. The van der Waals surface area contributed by atoms with Crippen LogP contribution in [0.25, 0.3) is 16.0 Å². The molecule has 182 valence electrons. The molecule has 9 heteroatoms. The number of nitrogens with one attached hydrogen (secondary N) is 1. The maximum atomic E-state index is 12.6. The largest absolute Gasteiger partial charge is 0.497 e. The fourth-order valence-corrected chi connectivity index (χ4v) is 5.46. The molecule has 1 aliphatic rings. The number of amides is 1. The first-order chi connectivity index (χ1) is 17.0. The second kappa shape index (κ2) is 9.95. The maximum absolute atomic E-state index is 12.6. The Morgan fingerprint density at radius 3 is 2.54 bits per heavy atom. The van der Waals surface area contributed by atoms with Crippen LogP contribution >= 0.6 is 11.3 Å². The van der Waals surface area contributed by atoms with Crippen molar-refractivity contribution in [1.29, 1.82) is 0 Å². The summed E-state index contributed by atoms with van der Waals surface area (Å²) < 4.78 is 13.5. The number of fused-ring (bicyclic) bond motifs is 1. The minimum Gasteiger partial charge on any atom is -0.497 e. The highest BCUT2D eigenvalue weighted by Crippen LogP contribution is 2.34. The fourth-order valence-electron chi connectivity index (χ4n) is 4.42. The fraction of sp³-hybridized carbons (Fsp3) is 0.346. The van der Waals surface area contributed by atoms with E-state index in [9.17, 15) is 4.79 Å². The molecule has 0 unspecified atom stereocenters. The van der Waals surface area contributed by atoms with Crippen LogP contribution in [0.15, 0.2) is 48.5 Å². The highest BCUT2D eigenvalue weighted by atomic mass is 32.1. The SMILES string of the molecule is COc1ccc(-n2nc(C)c3sc(N4CCC(NC(=O)Cc5cccc(OC)c5)CC4)nc32)cc1. The third kappa shape index (κ3) is 4.95. The number of rotatable bonds is 7. The van der Waals surface area contributed by atoms with Crippen LogP contribution in [0.1, 0.15) is 24.1 Å². The number of ether oxygens (including phenoxy) is 2. The summed E-state index contributed by atoms with van der Waals surface area (Å²) in [6.07, 6.45) is 2.14. The van der Waals surface area contributed by atoms with Crippen molar-refractivity contribution >= 4 is 32.7 Å².